The van der Waals surface area contributed by atoms with Crippen molar-refractivity contribution >= 4 is 58.6 Å². The molecule has 0 amide bonds. The minimum absolute atomic E-state index is 0.0100. The minimum Gasteiger partial charge on any atom is -0.477 e. The van der Waals surface area contributed by atoms with Crippen LogP contribution < -0.4 is 0 Å². The molecule has 0 atom stereocenters. The van der Waals surface area contributed by atoms with Crippen LogP contribution in [0.1, 0.15) is 5.56 Å². The Morgan fingerprint density at radius 2 is 1.85 bits per heavy atom. The fraction of sp³-hybridized carbons (Fsp3) is 0. The van der Waals surface area contributed by atoms with E-state index in [0.29, 0.717) is 21.4 Å². The van der Waals surface area contributed by atoms with Gasteiger partial charge in [0.15, 0.2) is 5.82 Å². The van der Waals surface area contributed by atoms with Gasteiger partial charge in [0.25, 0.3) is 0 Å². The fourth-order valence-corrected chi connectivity index (χ4v) is 3.22. The molecular formula is C17H10Cl3N3O2S. The van der Waals surface area contributed by atoms with Crippen molar-refractivity contribution in [1.29, 1.82) is 0 Å². The van der Waals surface area contributed by atoms with Crippen LogP contribution in [0.25, 0.3) is 17.5 Å². The summed E-state index contributed by atoms with van der Waals surface area (Å²) >= 11 is 18.9. The number of carboxylic acids is 1. The van der Waals surface area contributed by atoms with Crippen molar-refractivity contribution in [3.63, 3.8) is 0 Å². The normalized spacial score (nSPS) is 11.6. The zero-order valence-corrected chi connectivity index (χ0v) is 16.0. The maximum Gasteiger partial charge on any atom is 0.342 e. The molecule has 9 heteroatoms. The zero-order valence-electron chi connectivity index (χ0n) is 12.9. The highest BCUT2D eigenvalue weighted by molar-refractivity contribution is 8.04. The van der Waals surface area contributed by atoms with E-state index in [0.717, 1.165) is 17.3 Å². The number of carbonyl (C=O) groups is 1. The molecule has 2 aromatic carbocycles. The molecular weight excluding hydrogens is 417 g/mol. The number of hydrogen-bond acceptors (Lipinski definition) is 4. The predicted molar refractivity (Wildman–Crippen MR) is 105 cm³/mol. The summed E-state index contributed by atoms with van der Waals surface area (Å²) in [6.07, 6.45) is 1.43. The van der Waals surface area contributed by atoms with Crippen molar-refractivity contribution in [3.8, 4) is 11.4 Å². The first-order valence-corrected chi connectivity index (χ1v) is 9.14. The maximum absolute atomic E-state index is 11.6. The quantitative estimate of drug-likeness (QED) is 0.407. The van der Waals surface area contributed by atoms with E-state index in [1.807, 2.05) is 0 Å². The molecule has 0 saturated carbocycles. The lowest BCUT2D eigenvalue weighted by Gasteiger charge is -2.03. The summed E-state index contributed by atoms with van der Waals surface area (Å²) in [5.41, 5.74) is 1.28. The third-order valence-electron chi connectivity index (χ3n) is 3.26. The van der Waals surface area contributed by atoms with E-state index in [9.17, 15) is 9.90 Å². The Morgan fingerprint density at radius 1 is 1.12 bits per heavy atom. The summed E-state index contributed by atoms with van der Waals surface area (Å²) in [6, 6.07) is 12.0. The van der Waals surface area contributed by atoms with Gasteiger partial charge in [-0.15, -0.1) is 5.10 Å². The first kappa shape index (κ1) is 18.8. The summed E-state index contributed by atoms with van der Waals surface area (Å²) in [6.45, 7) is 0. The number of rotatable bonds is 5. The van der Waals surface area contributed by atoms with E-state index < -0.39 is 5.97 Å². The van der Waals surface area contributed by atoms with Crippen LogP contribution in [0.3, 0.4) is 0 Å². The van der Waals surface area contributed by atoms with Crippen LogP contribution in [0.5, 0.6) is 0 Å². The third kappa shape index (κ3) is 4.40. The third-order valence-corrected chi connectivity index (χ3v) is 5.23. The lowest BCUT2D eigenvalue weighted by atomic mass is 10.2. The minimum atomic E-state index is -1.12. The second kappa shape index (κ2) is 8.14. The number of hydrogen-bond donors (Lipinski definition) is 2. The standard InChI is InChI=1S/C17H10Cl3N3O2S/c18-11-6-4-9(5-7-11)15-21-17(23-22-15)26-13(16(24)25)8-10-2-1-3-12(19)14(10)20/h1-8H,(H,24,25)(H,21,22,23)/b13-8-. The number of halogens is 3. The van der Waals surface area contributed by atoms with Crippen molar-refractivity contribution in [2.24, 2.45) is 0 Å². The van der Waals surface area contributed by atoms with Crippen molar-refractivity contribution in [1.82, 2.24) is 15.2 Å². The number of aliphatic carboxylic acids is 1. The van der Waals surface area contributed by atoms with E-state index in [-0.39, 0.29) is 15.1 Å². The highest BCUT2D eigenvalue weighted by Gasteiger charge is 2.15. The number of thioether (sulfide) groups is 1. The molecule has 0 radical (unpaired) electrons. The lowest BCUT2D eigenvalue weighted by molar-refractivity contribution is -0.131. The summed E-state index contributed by atoms with van der Waals surface area (Å²) in [4.78, 5) is 15.9. The van der Waals surface area contributed by atoms with Crippen LogP contribution in [0, 0.1) is 0 Å². The van der Waals surface area contributed by atoms with Gasteiger partial charge in [-0.1, -0.05) is 46.9 Å². The number of aromatic nitrogens is 3. The highest BCUT2D eigenvalue weighted by atomic mass is 35.5. The van der Waals surface area contributed by atoms with Crippen molar-refractivity contribution in [2.75, 3.05) is 0 Å². The van der Waals surface area contributed by atoms with Gasteiger partial charge in [0.05, 0.1) is 10.0 Å². The Hall–Kier alpha value is -1.99. The van der Waals surface area contributed by atoms with E-state index in [4.69, 9.17) is 34.8 Å². The molecule has 132 valence electrons. The molecule has 0 aliphatic carbocycles. The van der Waals surface area contributed by atoms with Crippen molar-refractivity contribution < 1.29 is 9.90 Å². The monoisotopic (exact) mass is 425 g/mol. The zero-order chi connectivity index (χ0) is 18.7. The first-order chi connectivity index (χ1) is 12.4. The van der Waals surface area contributed by atoms with E-state index >= 15 is 0 Å². The largest absolute Gasteiger partial charge is 0.477 e. The molecule has 26 heavy (non-hydrogen) atoms. The van der Waals surface area contributed by atoms with Crippen LogP contribution in [-0.4, -0.2) is 26.3 Å². The Morgan fingerprint density at radius 3 is 2.54 bits per heavy atom. The van der Waals surface area contributed by atoms with Gasteiger partial charge >= 0.3 is 5.97 Å². The summed E-state index contributed by atoms with van der Waals surface area (Å²) in [5.74, 6) is -0.612. The van der Waals surface area contributed by atoms with Crippen LogP contribution in [-0.2, 0) is 4.79 Å². The number of nitrogens with one attached hydrogen (secondary N) is 1. The van der Waals surface area contributed by atoms with Gasteiger partial charge in [-0.25, -0.2) is 9.78 Å². The number of aromatic amines is 1. The van der Waals surface area contributed by atoms with Crippen LogP contribution in [0.2, 0.25) is 15.1 Å². The van der Waals surface area contributed by atoms with Gasteiger partial charge in [-0.05, 0) is 53.7 Å². The van der Waals surface area contributed by atoms with Crippen LogP contribution in [0.15, 0.2) is 52.5 Å². The summed E-state index contributed by atoms with van der Waals surface area (Å²) in [5, 5.41) is 17.8. The first-order valence-electron chi connectivity index (χ1n) is 7.19. The van der Waals surface area contributed by atoms with Gasteiger partial charge in [0.1, 0.15) is 4.91 Å². The number of H-pyrrole nitrogens is 1. The average molecular weight is 427 g/mol. The van der Waals surface area contributed by atoms with Gasteiger partial charge in [-0.3, -0.25) is 5.10 Å². The molecule has 1 heterocycles. The average Bonchev–Trinajstić information content (AvgIpc) is 3.07. The lowest BCUT2D eigenvalue weighted by Crippen LogP contribution is -1.97. The number of nitrogens with zero attached hydrogens (tertiary/aromatic N) is 2. The Labute approximate surface area is 168 Å². The van der Waals surface area contributed by atoms with Gasteiger partial charge in [0.2, 0.25) is 5.16 Å². The van der Waals surface area contributed by atoms with Gasteiger partial charge in [0, 0.05) is 10.6 Å². The summed E-state index contributed by atoms with van der Waals surface area (Å²) in [7, 11) is 0. The molecule has 5 nitrogen and oxygen atoms in total. The Balaban J connectivity index is 1.87. The molecule has 3 aromatic rings. The Bertz CT molecular complexity index is 987. The topological polar surface area (TPSA) is 78.9 Å². The second-order valence-electron chi connectivity index (χ2n) is 5.03. The van der Waals surface area contributed by atoms with Crippen molar-refractivity contribution in [2.45, 2.75) is 5.16 Å². The van der Waals surface area contributed by atoms with Gasteiger partial charge in [-0.2, -0.15) is 0 Å². The molecule has 0 unspecified atom stereocenters. The number of benzene rings is 2. The molecule has 0 aliphatic heterocycles. The summed E-state index contributed by atoms with van der Waals surface area (Å²) < 4.78 is 0. The number of carboxylic acid groups (broad SMARTS) is 1. The Kier molecular flexibility index (Phi) is 5.88. The molecule has 0 aliphatic rings. The molecule has 2 N–H and O–H groups in total. The van der Waals surface area contributed by atoms with E-state index in [1.54, 1.807) is 42.5 Å². The molecule has 0 spiro atoms. The highest BCUT2D eigenvalue weighted by Crippen LogP contribution is 2.32. The van der Waals surface area contributed by atoms with Crippen LogP contribution in [0.4, 0.5) is 0 Å². The van der Waals surface area contributed by atoms with E-state index in [2.05, 4.69) is 15.2 Å². The molecule has 0 saturated heterocycles. The maximum atomic E-state index is 11.6. The molecule has 1 aromatic heterocycles. The molecule has 0 fully saturated rings. The predicted octanol–water partition coefficient (Wildman–Crippen LogP) is 5.65. The molecule has 0 bridgehead atoms. The fourth-order valence-electron chi connectivity index (χ4n) is 2.04. The smallest absolute Gasteiger partial charge is 0.342 e. The SMILES string of the molecule is O=C(O)/C(=C/c1cccc(Cl)c1Cl)Sc1n[nH]c(-c2ccc(Cl)cc2)n1. The van der Waals surface area contributed by atoms with Crippen LogP contribution >= 0.6 is 46.6 Å². The van der Waals surface area contributed by atoms with Crippen molar-refractivity contribution in [3.05, 3.63) is 68.0 Å². The van der Waals surface area contributed by atoms with Gasteiger partial charge < -0.3 is 5.11 Å². The van der Waals surface area contributed by atoms with E-state index in [1.165, 1.54) is 6.08 Å². The second-order valence-corrected chi connectivity index (χ2v) is 7.26. The molecule has 3 rings (SSSR count).